The molecule has 0 amide bonds. The number of hydrogen-bond donors (Lipinski definition) is 1. The topological polar surface area (TPSA) is 64.7 Å². The van der Waals surface area contributed by atoms with Gasteiger partial charge in [-0.1, -0.05) is 30.1 Å². The number of nitrogen functional groups attached to an aromatic ring is 1. The quantitative estimate of drug-likeness (QED) is 0.763. The van der Waals surface area contributed by atoms with Gasteiger partial charge in [0.15, 0.2) is 5.13 Å². The highest BCUT2D eigenvalue weighted by molar-refractivity contribution is 7.22. The van der Waals surface area contributed by atoms with Gasteiger partial charge in [0, 0.05) is 23.5 Å². The minimum Gasteiger partial charge on any atom is -0.375 e. The molecule has 4 nitrogen and oxygen atoms in total. The molecule has 0 bridgehead atoms. The van der Waals surface area contributed by atoms with Crippen molar-refractivity contribution in [2.24, 2.45) is 0 Å². The van der Waals surface area contributed by atoms with E-state index in [4.69, 9.17) is 5.73 Å². The maximum Gasteiger partial charge on any atom is 0.181 e. The molecule has 88 valence electrons. The molecule has 0 atom stereocenters. The number of hydrogen-bond acceptors (Lipinski definition) is 5. The molecule has 0 aliphatic heterocycles. The van der Waals surface area contributed by atoms with Gasteiger partial charge in [0.1, 0.15) is 6.33 Å². The van der Waals surface area contributed by atoms with E-state index in [1.165, 1.54) is 17.7 Å². The molecule has 2 N–H and O–H groups in total. The molecule has 3 rings (SSSR count). The van der Waals surface area contributed by atoms with Crippen molar-refractivity contribution in [1.82, 2.24) is 15.0 Å². The zero-order valence-electron chi connectivity index (χ0n) is 9.50. The summed E-state index contributed by atoms with van der Waals surface area (Å²) in [5.41, 5.74) is 9.56. The first kappa shape index (κ1) is 10.9. The maximum absolute atomic E-state index is 5.75. The summed E-state index contributed by atoms with van der Waals surface area (Å²) >= 11 is 1.47. The highest BCUT2D eigenvalue weighted by Gasteiger charge is 2.11. The summed E-state index contributed by atoms with van der Waals surface area (Å²) in [6.07, 6.45) is 6.86. The Morgan fingerprint density at radius 2 is 2.00 bits per heavy atom. The fourth-order valence-corrected chi connectivity index (χ4v) is 2.68. The molecule has 0 saturated heterocycles. The zero-order chi connectivity index (χ0) is 12.5. The van der Waals surface area contributed by atoms with Crippen LogP contribution in [0.25, 0.3) is 27.4 Å². The summed E-state index contributed by atoms with van der Waals surface area (Å²) in [6.45, 7) is 3.86. The van der Waals surface area contributed by atoms with Crippen LogP contribution in [0.2, 0.25) is 0 Å². The molecule has 2 heterocycles. The Labute approximate surface area is 108 Å². The molecule has 0 radical (unpaired) electrons. The van der Waals surface area contributed by atoms with Gasteiger partial charge < -0.3 is 5.73 Å². The Hall–Kier alpha value is -2.27. The predicted octanol–water partition coefficient (Wildman–Crippen LogP) is 2.98. The van der Waals surface area contributed by atoms with Gasteiger partial charge in [-0.25, -0.2) is 15.0 Å². The number of nitrogens with two attached hydrogens (primary N) is 1. The van der Waals surface area contributed by atoms with Crippen molar-refractivity contribution >= 4 is 32.8 Å². The van der Waals surface area contributed by atoms with E-state index in [9.17, 15) is 0 Å². The van der Waals surface area contributed by atoms with Crippen molar-refractivity contribution in [2.45, 2.75) is 0 Å². The monoisotopic (exact) mass is 254 g/mol. The van der Waals surface area contributed by atoms with Crippen molar-refractivity contribution in [3.8, 4) is 11.1 Å². The molecule has 2 aromatic heterocycles. The Morgan fingerprint density at radius 3 is 2.72 bits per heavy atom. The van der Waals surface area contributed by atoms with Crippen molar-refractivity contribution < 1.29 is 0 Å². The maximum atomic E-state index is 5.75. The van der Waals surface area contributed by atoms with Gasteiger partial charge in [-0.3, -0.25) is 0 Å². The lowest BCUT2D eigenvalue weighted by Crippen LogP contribution is -1.88. The molecule has 1 aromatic carbocycles. The lowest BCUT2D eigenvalue weighted by molar-refractivity contribution is 1.17. The Kier molecular flexibility index (Phi) is 2.53. The molecule has 0 aliphatic carbocycles. The second kappa shape index (κ2) is 4.19. The Balaban J connectivity index is 2.33. The van der Waals surface area contributed by atoms with Crippen LogP contribution in [0.1, 0.15) is 5.56 Å². The minimum atomic E-state index is 0.564. The van der Waals surface area contributed by atoms with Crippen LogP contribution >= 0.6 is 11.3 Å². The van der Waals surface area contributed by atoms with Crippen LogP contribution < -0.4 is 5.73 Å². The van der Waals surface area contributed by atoms with Crippen LogP contribution in [-0.2, 0) is 0 Å². The SMILES string of the molecule is C=Cc1c(-c2cncnc2)ccc2sc(N)nc12. The molecule has 0 aliphatic rings. The summed E-state index contributed by atoms with van der Waals surface area (Å²) in [7, 11) is 0. The van der Waals surface area contributed by atoms with E-state index >= 15 is 0 Å². The van der Waals surface area contributed by atoms with Crippen molar-refractivity contribution in [3.05, 3.63) is 43.0 Å². The van der Waals surface area contributed by atoms with Crippen LogP contribution in [0.3, 0.4) is 0 Å². The third-order valence-electron chi connectivity index (χ3n) is 2.69. The van der Waals surface area contributed by atoms with E-state index in [1.807, 2.05) is 12.1 Å². The molecule has 5 heteroatoms. The van der Waals surface area contributed by atoms with Crippen LogP contribution in [0, 0.1) is 0 Å². The van der Waals surface area contributed by atoms with Gasteiger partial charge in [0.25, 0.3) is 0 Å². The Bertz CT molecular complexity index is 718. The van der Waals surface area contributed by atoms with Crippen LogP contribution in [0.5, 0.6) is 0 Å². The number of nitrogens with zero attached hydrogens (tertiary/aromatic N) is 3. The van der Waals surface area contributed by atoms with E-state index in [0.717, 1.165) is 26.9 Å². The highest BCUT2D eigenvalue weighted by Crippen LogP contribution is 2.33. The predicted molar refractivity (Wildman–Crippen MR) is 75.1 cm³/mol. The summed E-state index contributed by atoms with van der Waals surface area (Å²) in [5.74, 6) is 0. The molecule has 3 aromatic rings. The summed E-state index contributed by atoms with van der Waals surface area (Å²) in [6, 6.07) is 4.04. The third kappa shape index (κ3) is 1.65. The molecular weight excluding hydrogens is 244 g/mol. The molecule has 0 fully saturated rings. The van der Waals surface area contributed by atoms with Gasteiger partial charge in [0.05, 0.1) is 10.2 Å². The third-order valence-corrected chi connectivity index (χ3v) is 3.54. The number of aromatic nitrogens is 3. The average Bonchev–Trinajstić information content (AvgIpc) is 2.78. The number of fused-ring (bicyclic) bond motifs is 1. The van der Waals surface area contributed by atoms with Crippen LogP contribution in [-0.4, -0.2) is 15.0 Å². The molecule has 18 heavy (non-hydrogen) atoms. The van der Waals surface area contributed by atoms with E-state index in [2.05, 4.69) is 21.5 Å². The molecular formula is C13H10N4S. The molecule has 0 unspecified atom stereocenters. The van der Waals surface area contributed by atoms with Crippen LogP contribution in [0.15, 0.2) is 37.4 Å². The average molecular weight is 254 g/mol. The van der Waals surface area contributed by atoms with Gasteiger partial charge in [0.2, 0.25) is 0 Å². The number of anilines is 1. The molecule has 0 saturated carbocycles. The fraction of sp³-hybridized carbons (Fsp3) is 0. The first-order chi connectivity index (χ1) is 8.79. The van der Waals surface area contributed by atoms with Gasteiger partial charge >= 0.3 is 0 Å². The number of rotatable bonds is 2. The van der Waals surface area contributed by atoms with Gasteiger partial charge in [-0.05, 0) is 11.6 Å². The summed E-state index contributed by atoms with van der Waals surface area (Å²) < 4.78 is 1.06. The molecule has 0 spiro atoms. The van der Waals surface area contributed by atoms with Gasteiger partial charge in [-0.15, -0.1) is 0 Å². The fourth-order valence-electron chi connectivity index (χ4n) is 1.93. The highest BCUT2D eigenvalue weighted by atomic mass is 32.1. The van der Waals surface area contributed by atoms with Crippen molar-refractivity contribution in [1.29, 1.82) is 0 Å². The largest absolute Gasteiger partial charge is 0.375 e. The second-order valence-electron chi connectivity index (χ2n) is 3.76. The van der Waals surface area contributed by atoms with Crippen LogP contribution in [0.4, 0.5) is 5.13 Å². The number of thiazole rings is 1. The van der Waals surface area contributed by atoms with E-state index in [0.29, 0.717) is 5.13 Å². The summed E-state index contributed by atoms with van der Waals surface area (Å²) in [5, 5.41) is 0.564. The first-order valence-electron chi connectivity index (χ1n) is 5.36. The normalized spacial score (nSPS) is 10.7. The van der Waals surface area contributed by atoms with E-state index in [1.54, 1.807) is 18.5 Å². The first-order valence-corrected chi connectivity index (χ1v) is 6.18. The minimum absolute atomic E-state index is 0.564. The van der Waals surface area contributed by atoms with E-state index < -0.39 is 0 Å². The van der Waals surface area contributed by atoms with Crippen molar-refractivity contribution in [2.75, 3.05) is 5.73 Å². The second-order valence-corrected chi connectivity index (χ2v) is 4.82. The smallest absolute Gasteiger partial charge is 0.181 e. The number of benzene rings is 1. The zero-order valence-corrected chi connectivity index (χ0v) is 10.3. The van der Waals surface area contributed by atoms with E-state index in [-0.39, 0.29) is 0 Å². The van der Waals surface area contributed by atoms with Crippen molar-refractivity contribution in [3.63, 3.8) is 0 Å². The van der Waals surface area contributed by atoms with Gasteiger partial charge in [-0.2, -0.15) is 0 Å². The lowest BCUT2D eigenvalue weighted by Gasteiger charge is -2.05. The summed E-state index contributed by atoms with van der Waals surface area (Å²) in [4.78, 5) is 12.4. The standard InChI is InChI=1S/C13H10N4S/c1-2-9-10(8-5-15-7-16-6-8)3-4-11-12(9)17-13(14)18-11/h2-7H,1H2,(H2,14,17). The Morgan fingerprint density at radius 1 is 1.22 bits per heavy atom. The lowest BCUT2D eigenvalue weighted by atomic mass is 10.0.